The molecule has 0 aromatic rings. The minimum Gasteiger partial charge on any atom is -0.467 e. The van der Waals surface area contributed by atoms with Crippen molar-refractivity contribution in [2.45, 2.75) is 45.8 Å². The molecule has 6 heteroatoms. The summed E-state index contributed by atoms with van der Waals surface area (Å²) in [6, 6.07) is 0. The lowest BCUT2D eigenvalue weighted by molar-refractivity contribution is -0.152. The van der Waals surface area contributed by atoms with Crippen LogP contribution in [0.15, 0.2) is 0 Å². The van der Waals surface area contributed by atoms with Gasteiger partial charge >= 0.3 is 11.9 Å². The Morgan fingerprint density at radius 3 is 1.82 bits per heavy atom. The van der Waals surface area contributed by atoms with E-state index in [1.54, 1.807) is 0 Å². The zero-order valence-corrected chi connectivity index (χ0v) is 10.8. The summed E-state index contributed by atoms with van der Waals surface area (Å²) in [4.78, 5) is 20.6. The van der Waals surface area contributed by atoms with Crippen LogP contribution < -0.4 is 0 Å². The summed E-state index contributed by atoms with van der Waals surface area (Å²) in [5, 5.41) is 17.0. The van der Waals surface area contributed by atoms with Gasteiger partial charge in [-0.25, -0.2) is 9.59 Å². The minimum absolute atomic E-state index is 0.417. The van der Waals surface area contributed by atoms with Gasteiger partial charge in [0.1, 0.15) is 12.2 Å². The first-order valence-corrected chi connectivity index (χ1v) is 5.47. The average Bonchev–Trinajstić information content (AvgIpc) is 2.28. The standard InChI is InChI=1S/C7H14O3.C4H8O3/c1-3-4-5-10-7(9)6(2)8;1-3(5)4(6)7-2/h6,8H,3-5H2,1-2H3;3,5H,1-2H3. The van der Waals surface area contributed by atoms with E-state index in [0.717, 1.165) is 12.8 Å². The third kappa shape index (κ3) is 12.8. The van der Waals surface area contributed by atoms with E-state index in [9.17, 15) is 9.59 Å². The third-order valence-electron chi connectivity index (χ3n) is 1.63. The fourth-order valence-corrected chi connectivity index (χ4v) is 0.608. The van der Waals surface area contributed by atoms with Crippen molar-refractivity contribution < 1.29 is 29.3 Å². The number of methoxy groups -OCH3 is 1. The second-order valence-corrected chi connectivity index (χ2v) is 3.40. The molecular weight excluding hydrogens is 228 g/mol. The highest BCUT2D eigenvalue weighted by Crippen LogP contribution is 1.91. The smallest absolute Gasteiger partial charge is 0.334 e. The largest absolute Gasteiger partial charge is 0.467 e. The van der Waals surface area contributed by atoms with Crippen molar-refractivity contribution in [1.29, 1.82) is 0 Å². The summed E-state index contributed by atoms with van der Waals surface area (Å²) in [6.07, 6.45) is -0.132. The number of carbonyl (C=O) groups excluding carboxylic acids is 2. The Morgan fingerprint density at radius 1 is 1.12 bits per heavy atom. The molecule has 0 fully saturated rings. The van der Waals surface area contributed by atoms with Gasteiger partial charge in [-0.2, -0.15) is 0 Å². The van der Waals surface area contributed by atoms with Gasteiger partial charge in [0.15, 0.2) is 0 Å². The minimum atomic E-state index is -0.995. The van der Waals surface area contributed by atoms with Crippen molar-refractivity contribution in [1.82, 2.24) is 0 Å². The van der Waals surface area contributed by atoms with Crippen molar-refractivity contribution in [2.24, 2.45) is 0 Å². The zero-order chi connectivity index (χ0) is 13.8. The number of aliphatic hydroxyl groups is 2. The highest BCUT2D eigenvalue weighted by Gasteiger charge is 2.08. The van der Waals surface area contributed by atoms with Crippen LogP contribution >= 0.6 is 0 Å². The summed E-state index contributed by atoms with van der Waals surface area (Å²) in [6.45, 7) is 5.18. The molecule has 0 saturated heterocycles. The summed E-state index contributed by atoms with van der Waals surface area (Å²) in [5.41, 5.74) is 0. The Kier molecular flexibility index (Phi) is 12.2. The molecule has 0 rings (SSSR count). The van der Waals surface area contributed by atoms with E-state index in [1.165, 1.54) is 21.0 Å². The zero-order valence-electron chi connectivity index (χ0n) is 10.8. The molecule has 0 spiro atoms. The third-order valence-corrected chi connectivity index (χ3v) is 1.63. The molecular formula is C11H22O6. The maximum atomic E-state index is 10.5. The van der Waals surface area contributed by atoms with E-state index in [4.69, 9.17) is 10.2 Å². The van der Waals surface area contributed by atoms with Crippen LogP contribution in [0.3, 0.4) is 0 Å². The molecule has 17 heavy (non-hydrogen) atoms. The number of carbonyl (C=O) groups is 2. The van der Waals surface area contributed by atoms with Crippen LogP contribution in [-0.4, -0.2) is 48.1 Å². The van der Waals surface area contributed by atoms with E-state index in [1.807, 2.05) is 6.92 Å². The predicted octanol–water partition coefficient (Wildman–Crippen LogP) is 0.251. The van der Waals surface area contributed by atoms with E-state index in [0.29, 0.717) is 6.61 Å². The van der Waals surface area contributed by atoms with Gasteiger partial charge in [0, 0.05) is 0 Å². The van der Waals surface area contributed by atoms with Gasteiger partial charge in [0.2, 0.25) is 0 Å². The highest BCUT2D eigenvalue weighted by molar-refractivity contribution is 5.73. The number of aliphatic hydroxyl groups excluding tert-OH is 2. The van der Waals surface area contributed by atoms with Crippen LogP contribution in [0.5, 0.6) is 0 Å². The summed E-state index contributed by atoms with van der Waals surface area (Å²) in [5.74, 6) is -1.13. The molecule has 0 heterocycles. The first kappa shape index (κ1) is 18.2. The molecule has 102 valence electrons. The topological polar surface area (TPSA) is 93.1 Å². The molecule has 0 aliphatic rings. The maximum Gasteiger partial charge on any atom is 0.334 e. The van der Waals surface area contributed by atoms with Crippen molar-refractivity contribution in [3.63, 3.8) is 0 Å². The second-order valence-electron chi connectivity index (χ2n) is 3.40. The van der Waals surface area contributed by atoms with Crippen LogP contribution in [0.2, 0.25) is 0 Å². The van der Waals surface area contributed by atoms with Crippen LogP contribution in [-0.2, 0) is 19.1 Å². The first-order valence-electron chi connectivity index (χ1n) is 5.47. The summed E-state index contributed by atoms with van der Waals surface area (Å²) >= 11 is 0. The van der Waals surface area contributed by atoms with E-state index in [2.05, 4.69) is 9.47 Å². The Balaban J connectivity index is 0. The quantitative estimate of drug-likeness (QED) is 0.536. The van der Waals surface area contributed by atoms with Gasteiger partial charge in [0.05, 0.1) is 13.7 Å². The van der Waals surface area contributed by atoms with Gasteiger partial charge in [-0.1, -0.05) is 13.3 Å². The first-order chi connectivity index (χ1) is 7.86. The fourth-order valence-electron chi connectivity index (χ4n) is 0.608. The monoisotopic (exact) mass is 250 g/mol. The Hall–Kier alpha value is -1.14. The number of esters is 2. The molecule has 0 amide bonds. The molecule has 0 aromatic carbocycles. The van der Waals surface area contributed by atoms with Crippen molar-refractivity contribution >= 4 is 11.9 Å². The van der Waals surface area contributed by atoms with Crippen molar-refractivity contribution in [2.75, 3.05) is 13.7 Å². The maximum absolute atomic E-state index is 10.5. The molecule has 0 aromatic heterocycles. The van der Waals surface area contributed by atoms with Crippen LogP contribution in [0.1, 0.15) is 33.6 Å². The molecule has 0 aliphatic heterocycles. The molecule has 0 aliphatic carbocycles. The Morgan fingerprint density at radius 2 is 1.59 bits per heavy atom. The normalized spacial score (nSPS) is 12.8. The van der Waals surface area contributed by atoms with E-state index < -0.39 is 24.1 Å². The van der Waals surface area contributed by atoms with Gasteiger partial charge in [0.25, 0.3) is 0 Å². The molecule has 2 unspecified atom stereocenters. The number of hydrogen-bond donors (Lipinski definition) is 2. The molecule has 2 N–H and O–H groups in total. The number of hydrogen-bond acceptors (Lipinski definition) is 6. The van der Waals surface area contributed by atoms with Gasteiger partial charge in [-0.15, -0.1) is 0 Å². The fraction of sp³-hybridized carbons (Fsp3) is 0.818. The Bertz CT molecular complexity index is 212. The second kappa shape index (κ2) is 11.3. The van der Waals surface area contributed by atoms with Crippen LogP contribution in [0.25, 0.3) is 0 Å². The lowest BCUT2D eigenvalue weighted by atomic mass is 10.3. The van der Waals surface area contributed by atoms with Gasteiger partial charge in [-0.05, 0) is 20.3 Å². The SMILES string of the molecule is CCCCOC(=O)C(C)O.COC(=O)C(C)O. The molecule has 0 bridgehead atoms. The Labute approximate surface area is 102 Å². The lowest BCUT2D eigenvalue weighted by Gasteiger charge is -2.04. The molecule has 0 radical (unpaired) electrons. The number of rotatable bonds is 5. The van der Waals surface area contributed by atoms with E-state index in [-0.39, 0.29) is 0 Å². The van der Waals surface area contributed by atoms with Crippen molar-refractivity contribution in [3.8, 4) is 0 Å². The van der Waals surface area contributed by atoms with Crippen LogP contribution in [0, 0.1) is 0 Å². The molecule has 2 atom stereocenters. The van der Waals surface area contributed by atoms with Gasteiger partial charge < -0.3 is 19.7 Å². The molecule has 6 nitrogen and oxygen atoms in total. The predicted molar refractivity (Wildman–Crippen MR) is 61.2 cm³/mol. The lowest BCUT2D eigenvalue weighted by Crippen LogP contribution is -2.19. The van der Waals surface area contributed by atoms with Crippen molar-refractivity contribution in [3.05, 3.63) is 0 Å². The highest BCUT2D eigenvalue weighted by atomic mass is 16.5. The molecule has 0 saturated carbocycles. The summed E-state index contributed by atoms with van der Waals surface area (Å²) in [7, 11) is 1.23. The van der Waals surface area contributed by atoms with Crippen LogP contribution in [0.4, 0.5) is 0 Å². The summed E-state index contributed by atoms with van der Waals surface area (Å²) < 4.78 is 8.78. The van der Waals surface area contributed by atoms with E-state index >= 15 is 0 Å². The number of ether oxygens (including phenoxy) is 2. The van der Waals surface area contributed by atoms with Gasteiger partial charge in [-0.3, -0.25) is 0 Å². The number of unbranched alkanes of at least 4 members (excludes halogenated alkanes) is 1. The average molecular weight is 250 g/mol.